The van der Waals surface area contributed by atoms with E-state index < -0.39 is 23.0 Å². The number of nitrogens with one attached hydrogen (secondary N) is 1. The number of benzene rings is 1. The summed E-state index contributed by atoms with van der Waals surface area (Å²) in [5.74, 6) is -1.96. The topological polar surface area (TPSA) is 38.3 Å². The third kappa shape index (κ3) is 4.93. The number of rotatable bonds is 5. The van der Waals surface area contributed by atoms with Crippen molar-refractivity contribution in [1.82, 2.24) is 5.32 Å². The van der Waals surface area contributed by atoms with Crippen molar-refractivity contribution in [3.63, 3.8) is 0 Å². The summed E-state index contributed by atoms with van der Waals surface area (Å²) in [6.07, 6.45) is 0. The highest BCUT2D eigenvalue weighted by Gasteiger charge is 2.22. The lowest BCUT2D eigenvalue weighted by molar-refractivity contribution is -0.138. The Balaban J connectivity index is 2.72. The van der Waals surface area contributed by atoms with Gasteiger partial charge in [0, 0.05) is 12.1 Å². The molecule has 0 amide bonds. The molecule has 0 aliphatic rings. The van der Waals surface area contributed by atoms with Crippen LogP contribution in [0.5, 0.6) is 0 Å². The second kappa shape index (κ2) is 6.80. The fraction of sp³-hybridized carbons (Fsp3) is 0.438. The third-order valence-corrected chi connectivity index (χ3v) is 2.84. The molecule has 1 aromatic rings. The summed E-state index contributed by atoms with van der Waals surface area (Å²) in [4.78, 5) is 11.3. The van der Waals surface area contributed by atoms with Crippen LogP contribution in [0.25, 0.3) is 0 Å². The third-order valence-electron chi connectivity index (χ3n) is 2.84. The Labute approximate surface area is 124 Å². The smallest absolute Gasteiger partial charge is 0.324 e. The molecule has 0 aromatic heterocycles. The summed E-state index contributed by atoms with van der Waals surface area (Å²) in [6.45, 7) is 10.4. The highest BCUT2D eigenvalue weighted by atomic mass is 19.2. The average Bonchev–Trinajstić information content (AvgIpc) is 2.32. The normalized spacial score (nSPS) is 11.3. The molecule has 0 saturated carbocycles. The molecule has 0 fully saturated rings. The Morgan fingerprint density at radius 3 is 2.43 bits per heavy atom. The van der Waals surface area contributed by atoms with E-state index in [0.717, 1.165) is 0 Å². The lowest BCUT2D eigenvalue weighted by Crippen LogP contribution is -2.25. The Kier molecular flexibility index (Phi) is 5.61. The Hall–Kier alpha value is -1.75. The predicted molar refractivity (Wildman–Crippen MR) is 77.7 cm³/mol. The van der Waals surface area contributed by atoms with E-state index in [1.165, 1.54) is 6.07 Å². The molecule has 1 rings (SSSR count). The van der Waals surface area contributed by atoms with Crippen molar-refractivity contribution < 1.29 is 18.3 Å². The monoisotopic (exact) mass is 297 g/mol. The Morgan fingerprint density at radius 2 is 1.90 bits per heavy atom. The van der Waals surface area contributed by atoms with Crippen LogP contribution in [0.2, 0.25) is 0 Å². The van der Waals surface area contributed by atoms with Crippen molar-refractivity contribution in [1.29, 1.82) is 0 Å². The zero-order chi connectivity index (χ0) is 16.2. The lowest BCUT2D eigenvalue weighted by atomic mass is 9.86. The van der Waals surface area contributed by atoms with E-state index in [1.54, 1.807) is 13.0 Å². The number of ether oxygens (including phenoxy) is 1. The summed E-state index contributed by atoms with van der Waals surface area (Å²) in [6, 6.07) is 3.09. The molecule has 1 N–H and O–H groups in total. The summed E-state index contributed by atoms with van der Waals surface area (Å²) in [5.41, 5.74) is 0.0244. The van der Waals surface area contributed by atoms with Crippen molar-refractivity contribution in [3.8, 4) is 0 Å². The molecule has 21 heavy (non-hydrogen) atoms. The van der Waals surface area contributed by atoms with Gasteiger partial charge in [0.05, 0.1) is 12.3 Å². The quantitative estimate of drug-likeness (QED) is 0.668. The van der Waals surface area contributed by atoms with Crippen LogP contribution in [0.4, 0.5) is 8.78 Å². The first-order valence-corrected chi connectivity index (χ1v) is 6.67. The maximum absolute atomic E-state index is 14.0. The van der Waals surface area contributed by atoms with Crippen LogP contribution in [-0.4, -0.2) is 12.5 Å². The summed E-state index contributed by atoms with van der Waals surface area (Å²) < 4.78 is 32.7. The number of hydrogen-bond donors (Lipinski definition) is 1. The fourth-order valence-corrected chi connectivity index (χ4v) is 1.83. The number of halogens is 2. The molecule has 0 unspecified atom stereocenters. The van der Waals surface area contributed by atoms with Crippen LogP contribution in [-0.2, 0) is 21.5 Å². The van der Waals surface area contributed by atoms with Crippen LogP contribution in [0.3, 0.4) is 0 Å². The predicted octanol–water partition coefficient (Wildman–Crippen LogP) is 3.43. The van der Waals surface area contributed by atoms with E-state index in [2.05, 4.69) is 11.9 Å². The van der Waals surface area contributed by atoms with Crippen LogP contribution in [0.1, 0.15) is 38.8 Å². The Morgan fingerprint density at radius 1 is 1.29 bits per heavy atom. The minimum atomic E-state index is -0.886. The molecule has 0 bridgehead atoms. The van der Waals surface area contributed by atoms with Gasteiger partial charge >= 0.3 is 5.97 Å². The van der Waals surface area contributed by atoms with E-state index in [0.29, 0.717) is 5.56 Å². The van der Waals surface area contributed by atoms with E-state index in [-0.39, 0.29) is 24.4 Å². The molecule has 1 aromatic carbocycles. The number of esters is 1. The molecule has 0 heterocycles. The first-order chi connectivity index (χ1) is 9.62. The minimum Gasteiger partial charge on any atom is -0.431 e. The van der Waals surface area contributed by atoms with Gasteiger partial charge in [0.2, 0.25) is 0 Å². The lowest BCUT2D eigenvalue weighted by Gasteiger charge is -2.20. The molecule has 0 spiro atoms. The molecule has 0 aliphatic carbocycles. The fourth-order valence-electron chi connectivity index (χ4n) is 1.83. The molecule has 5 heteroatoms. The number of carbonyl (C=O) groups is 1. The molecule has 0 aliphatic heterocycles. The van der Waals surface area contributed by atoms with Gasteiger partial charge in [-0.3, -0.25) is 4.79 Å². The van der Waals surface area contributed by atoms with Gasteiger partial charge in [-0.25, -0.2) is 8.78 Å². The molecule has 3 nitrogen and oxygen atoms in total. The highest BCUT2D eigenvalue weighted by Crippen LogP contribution is 2.27. The van der Waals surface area contributed by atoms with Crippen LogP contribution in [0, 0.1) is 11.6 Å². The molecule has 0 radical (unpaired) electrons. The van der Waals surface area contributed by atoms with Crippen molar-refractivity contribution in [2.75, 3.05) is 6.54 Å². The van der Waals surface area contributed by atoms with E-state index in [4.69, 9.17) is 4.74 Å². The summed E-state index contributed by atoms with van der Waals surface area (Å²) in [7, 11) is 0. The first-order valence-electron chi connectivity index (χ1n) is 6.67. The van der Waals surface area contributed by atoms with Gasteiger partial charge in [0.15, 0.2) is 11.6 Å². The second-order valence-electron chi connectivity index (χ2n) is 5.93. The zero-order valence-corrected chi connectivity index (χ0v) is 12.8. The zero-order valence-electron chi connectivity index (χ0n) is 12.8. The van der Waals surface area contributed by atoms with Crippen molar-refractivity contribution in [2.45, 2.75) is 39.7 Å². The van der Waals surface area contributed by atoms with Gasteiger partial charge in [0.25, 0.3) is 0 Å². The SMILES string of the molecule is C=C(C)OC(=O)CNCc1ccc(C(C)(C)C)c(F)c1F. The number of allylic oxidation sites excluding steroid dienone is 1. The summed E-state index contributed by atoms with van der Waals surface area (Å²) in [5, 5.41) is 2.71. The highest BCUT2D eigenvalue weighted by molar-refractivity contribution is 5.72. The average molecular weight is 297 g/mol. The molecule has 0 atom stereocenters. The number of hydrogen-bond acceptors (Lipinski definition) is 3. The largest absolute Gasteiger partial charge is 0.431 e. The van der Waals surface area contributed by atoms with E-state index >= 15 is 0 Å². The van der Waals surface area contributed by atoms with Gasteiger partial charge < -0.3 is 10.1 Å². The standard InChI is InChI=1S/C16H21F2NO2/c1-10(2)21-13(20)9-19-8-11-6-7-12(16(3,4)5)15(18)14(11)17/h6-7,19H,1,8-9H2,2-5H3. The van der Waals surface area contributed by atoms with Gasteiger partial charge in [-0.1, -0.05) is 39.5 Å². The second-order valence-corrected chi connectivity index (χ2v) is 5.93. The van der Waals surface area contributed by atoms with Crippen LogP contribution in [0.15, 0.2) is 24.5 Å². The first kappa shape index (κ1) is 17.3. The van der Waals surface area contributed by atoms with Crippen LogP contribution < -0.4 is 5.32 Å². The van der Waals surface area contributed by atoms with E-state index in [9.17, 15) is 13.6 Å². The molecular formula is C16H21F2NO2. The minimum absolute atomic E-state index is 0.0401. The molecular weight excluding hydrogens is 276 g/mol. The van der Waals surface area contributed by atoms with E-state index in [1.807, 2.05) is 20.8 Å². The van der Waals surface area contributed by atoms with Gasteiger partial charge in [-0.05, 0) is 17.9 Å². The van der Waals surface area contributed by atoms with Crippen LogP contribution >= 0.6 is 0 Å². The van der Waals surface area contributed by atoms with Gasteiger partial charge in [-0.15, -0.1) is 0 Å². The maximum Gasteiger partial charge on any atom is 0.324 e. The molecule has 0 saturated heterocycles. The maximum atomic E-state index is 14.0. The van der Waals surface area contributed by atoms with Crippen molar-refractivity contribution in [3.05, 3.63) is 47.2 Å². The van der Waals surface area contributed by atoms with Crippen molar-refractivity contribution in [2.24, 2.45) is 0 Å². The molecule has 116 valence electrons. The van der Waals surface area contributed by atoms with Crippen molar-refractivity contribution >= 4 is 5.97 Å². The van der Waals surface area contributed by atoms with Gasteiger partial charge in [-0.2, -0.15) is 0 Å². The number of carbonyl (C=O) groups excluding carboxylic acids is 1. The Bertz CT molecular complexity index is 548. The summed E-state index contributed by atoms with van der Waals surface area (Å²) >= 11 is 0. The van der Waals surface area contributed by atoms with Gasteiger partial charge in [0.1, 0.15) is 0 Å².